The van der Waals surface area contributed by atoms with Gasteiger partial charge in [-0.05, 0) is 58.2 Å². The Morgan fingerprint density at radius 3 is 1.71 bits per heavy atom. The number of fused-ring (bicyclic) bond motifs is 1. The van der Waals surface area contributed by atoms with E-state index in [-0.39, 0.29) is 11.8 Å². The lowest BCUT2D eigenvalue weighted by atomic mass is 9.79. The SMILES string of the molecule is COc1ccc(/C=C2\c3cc(OC)cc(OC)c3[C@@H](c3ccccc3)[C@@H]2c2cc(OC)cc(OC)c2)cc1. The lowest BCUT2D eigenvalue weighted by molar-refractivity contribution is 0.389. The Morgan fingerprint density at radius 1 is 0.526 bits per heavy atom. The molecule has 0 aromatic heterocycles. The molecule has 0 aliphatic heterocycles. The van der Waals surface area contributed by atoms with E-state index >= 15 is 0 Å². The topological polar surface area (TPSA) is 46.2 Å². The molecule has 0 bridgehead atoms. The van der Waals surface area contributed by atoms with Gasteiger partial charge < -0.3 is 23.7 Å². The normalized spacial score (nSPS) is 17.1. The minimum atomic E-state index is -0.0421. The van der Waals surface area contributed by atoms with Crippen LogP contribution in [-0.2, 0) is 0 Å². The van der Waals surface area contributed by atoms with Crippen molar-refractivity contribution >= 4 is 11.6 Å². The fourth-order valence-electron chi connectivity index (χ4n) is 5.41. The van der Waals surface area contributed by atoms with Crippen LogP contribution < -0.4 is 23.7 Å². The summed E-state index contributed by atoms with van der Waals surface area (Å²) in [7, 11) is 8.43. The number of methoxy groups -OCH3 is 5. The molecule has 5 heteroatoms. The molecule has 4 aromatic carbocycles. The van der Waals surface area contributed by atoms with Gasteiger partial charge in [0.25, 0.3) is 0 Å². The van der Waals surface area contributed by atoms with Gasteiger partial charge >= 0.3 is 0 Å². The van der Waals surface area contributed by atoms with E-state index in [0.29, 0.717) is 0 Å². The van der Waals surface area contributed by atoms with E-state index in [9.17, 15) is 0 Å². The molecule has 0 spiro atoms. The highest BCUT2D eigenvalue weighted by Crippen LogP contribution is 2.59. The van der Waals surface area contributed by atoms with E-state index in [1.807, 2.05) is 30.3 Å². The van der Waals surface area contributed by atoms with Crippen molar-refractivity contribution < 1.29 is 23.7 Å². The molecule has 2 atom stereocenters. The highest BCUT2D eigenvalue weighted by molar-refractivity contribution is 5.93. The molecular formula is C33H32O5. The number of hydrogen-bond acceptors (Lipinski definition) is 5. The van der Waals surface area contributed by atoms with Crippen LogP contribution in [0.5, 0.6) is 28.7 Å². The Kier molecular flexibility index (Phi) is 7.27. The second kappa shape index (κ2) is 10.9. The van der Waals surface area contributed by atoms with Gasteiger partial charge in [0.1, 0.15) is 28.7 Å². The molecule has 0 unspecified atom stereocenters. The lowest BCUT2D eigenvalue weighted by Gasteiger charge is -2.24. The van der Waals surface area contributed by atoms with Crippen molar-refractivity contribution in [2.45, 2.75) is 11.8 Å². The maximum atomic E-state index is 5.98. The zero-order valence-electron chi connectivity index (χ0n) is 22.4. The average molecular weight is 509 g/mol. The summed E-state index contributed by atoms with van der Waals surface area (Å²) < 4.78 is 28.4. The van der Waals surface area contributed by atoms with E-state index in [1.165, 1.54) is 5.56 Å². The predicted octanol–water partition coefficient (Wildman–Crippen LogP) is 7.20. The third-order valence-corrected chi connectivity index (χ3v) is 7.19. The summed E-state index contributed by atoms with van der Waals surface area (Å²) in [5.41, 5.74) is 6.74. The molecule has 5 rings (SSSR count). The van der Waals surface area contributed by atoms with Crippen LogP contribution in [0, 0.1) is 0 Å². The van der Waals surface area contributed by atoms with Crippen LogP contribution in [0.3, 0.4) is 0 Å². The lowest BCUT2D eigenvalue weighted by Crippen LogP contribution is -2.09. The standard InChI is InChI=1S/C33H32O5/c1-34-24-13-11-21(12-14-24)15-28-29-19-27(37-4)20-30(38-5)33(29)32(22-9-7-6-8-10-22)31(28)23-16-25(35-2)18-26(17-23)36-3/h6-20,31-32H,1-5H3/b28-15+/t31-,32+/m1/s1. The Morgan fingerprint density at radius 2 is 1.13 bits per heavy atom. The van der Waals surface area contributed by atoms with Crippen LogP contribution in [-0.4, -0.2) is 35.5 Å². The molecule has 0 N–H and O–H groups in total. The van der Waals surface area contributed by atoms with Crippen molar-refractivity contribution in [3.05, 3.63) is 113 Å². The van der Waals surface area contributed by atoms with Crippen LogP contribution >= 0.6 is 0 Å². The molecular weight excluding hydrogens is 476 g/mol. The maximum Gasteiger partial charge on any atom is 0.127 e. The fraction of sp³-hybridized carbons (Fsp3) is 0.212. The summed E-state index contributed by atoms with van der Waals surface area (Å²) >= 11 is 0. The quantitative estimate of drug-likeness (QED) is 0.252. The number of allylic oxidation sites excluding steroid dienone is 1. The summed E-state index contributed by atoms with van der Waals surface area (Å²) in [6, 6.07) is 28.8. The van der Waals surface area contributed by atoms with Crippen LogP contribution in [0.4, 0.5) is 0 Å². The molecule has 38 heavy (non-hydrogen) atoms. The Labute approximate surface area is 224 Å². The van der Waals surface area contributed by atoms with E-state index in [4.69, 9.17) is 23.7 Å². The molecule has 0 heterocycles. The third kappa shape index (κ3) is 4.68. The van der Waals surface area contributed by atoms with Gasteiger partial charge in [-0.15, -0.1) is 0 Å². The van der Waals surface area contributed by atoms with Crippen molar-refractivity contribution in [2.75, 3.05) is 35.5 Å². The number of benzene rings is 4. The van der Waals surface area contributed by atoms with Crippen LogP contribution in [0.2, 0.25) is 0 Å². The summed E-state index contributed by atoms with van der Waals surface area (Å²) in [6.45, 7) is 0. The van der Waals surface area contributed by atoms with Gasteiger partial charge in [0.05, 0.1) is 35.5 Å². The first kappa shape index (κ1) is 25.3. The van der Waals surface area contributed by atoms with Gasteiger partial charge in [0, 0.05) is 29.5 Å². The van der Waals surface area contributed by atoms with Gasteiger partial charge in [-0.2, -0.15) is 0 Å². The third-order valence-electron chi connectivity index (χ3n) is 7.19. The van der Waals surface area contributed by atoms with Gasteiger partial charge in [-0.3, -0.25) is 0 Å². The highest BCUT2D eigenvalue weighted by Gasteiger charge is 2.41. The number of hydrogen-bond donors (Lipinski definition) is 0. The molecule has 194 valence electrons. The van der Waals surface area contributed by atoms with E-state index in [0.717, 1.165) is 56.6 Å². The second-order valence-corrected chi connectivity index (χ2v) is 9.18. The zero-order valence-corrected chi connectivity index (χ0v) is 22.4. The highest BCUT2D eigenvalue weighted by atomic mass is 16.5. The number of ether oxygens (including phenoxy) is 5. The smallest absolute Gasteiger partial charge is 0.127 e. The van der Waals surface area contributed by atoms with Crippen molar-refractivity contribution in [1.29, 1.82) is 0 Å². The summed E-state index contributed by atoms with van der Waals surface area (Å²) in [4.78, 5) is 0. The average Bonchev–Trinajstić information content (AvgIpc) is 3.30. The molecule has 4 aromatic rings. The van der Waals surface area contributed by atoms with Crippen molar-refractivity contribution in [3.8, 4) is 28.7 Å². The van der Waals surface area contributed by atoms with Crippen molar-refractivity contribution in [3.63, 3.8) is 0 Å². The Hall–Kier alpha value is -4.38. The van der Waals surface area contributed by atoms with Crippen molar-refractivity contribution in [2.24, 2.45) is 0 Å². The van der Waals surface area contributed by atoms with Crippen LogP contribution in [0.1, 0.15) is 39.7 Å². The monoisotopic (exact) mass is 508 g/mol. The fourth-order valence-corrected chi connectivity index (χ4v) is 5.41. The summed E-state index contributed by atoms with van der Waals surface area (Å²) in [5.74, 6) is 3.81. The Balaban J connectivity index is 1.83. The molecule has 0 saturated carbocycles. The van der Waals surface area contributed by atoms with Crippen LogP contribution in [0.15, 0.2) is 84.9 Å². The van der Waals surface area contributed by atoms with Gasteiger partial charge in [0.2, 0.25) is 0 Å². The van der Waals surface area contributed by atoms with Gasteiger partial charge in [-0.1, -0.05) is 48.5 Å². The summed E-state index contributed by atoms with van der Waals surface area (Å²) in [6.07, 6.45) is 2.25. The van der Waals surface area contributed by atoms with Gasteiger partial charge in [0.15, 0.2) is 0 Å². The Bertz CT molecular complexity index is 1420. The zero-order chi connectivity index (χ0) is 26.6. The molecule has 0 amide bonds. The maximum absolute atomic E-state index is 5.98. The van der Waals surface area contributed by atoms with Gasteiger partial charge in [-0.25, -0.2) is 0 Å². The van der Waals surface area contributed by atoms with Crippen LogP contribution in [0.25, 0.3) is 11.6 Å². The van der Waals surface area contributed by atoms with E-state index in [1.54, 1.807) is 35.5 Å². The first-order valence-corrected chi connectivity index (χ1v) is 12.5. The minimum Gasteiger partial charge on any atom is -0.497 e. The summed E-state index contributed by atoms with van der Waals surface area (Å²) in [5, 5.41) is 0. The molecule has 5 nitrogen and oxygen atoms in total. The first-order chi connectivity index (χ1) is 18.6. The first-order valence-electron chi connectivity index (χ1n) is 12.5. The second-order valence-electron chi connectivity index (χ2n) is 9.18. The van der Waals surface area contributed by atoms with E-state index < -0.39 is 0 Å². The number of rotatable bonds is 8. The molecule has 0 fully saturated rings. The molecule has 1 aliphatic rings. The molecule has 0 radical (unpaired) electrons. The molecule has 0 saturated heterocycles. The predicted molar refractivity (Wildman–Crippen MR) is 151 cm³/mol. The minimum absolute atomic E-state index is 0.00614. The van der Waals surface area contributed by atoms with Crippen molar-refractivity contribution in [1.82, 2.24) is 0 Å². The molecule has 1 aliphatic carbocycles. The van der Waals surface area contributed by atoms with E-state index in [2.05, 4.69) is 60.7 Å². The largest absolute Gasteiger partial charge is 0.497 e.